The van der Waals surface area contributed by atoms with Crippen molar-refractivity contribution in [3.05, 3.63) is 128 Å². The number of nitrogens with one attached hydrogen (secondary N) is 2. The summed E-state index contributed by atoms with van der Waals surface area (Å²) in [5, 5.41) is 45.3. The number of nitriles is 2. The van der Waals surface area contributed by atoms with E-state index in [1.807, 2.05) is 66.7 Å². The number of amides is 1. The zero-order valence-electron chi connectivity index (χ0n) is 33.5. The van der Waals surface area contributed by atoms with Crippen LogP contribution in [0.25, 0.3) is 22.3 Å². The molecule has 4 aromatic carbocycles. The van der Waals surface area contributed by atoms with Gasteiger partial charge >= 0.3 is 5.97 Å². The van der Waals surface area contributed by atoms with Crippen molar-refractivity contribution < 1.29 is 34.0 Å². The largest absolute Gasteiger partial charge is 0.492 e. The molecule has 5 aromatic rings. The second kappa shape index (κ2) is 19.0. The second-order valence-corrected chi connectivity index (χ2v) is 16.6. The minimum atomic E-state index is -1.68. The van der Waals surface area contributed by atoms with Crippen LogP contribution in [0.2, 0.25) is 15.1 Å². The van der Waals surface area contributed by atoms with Gasteiger partial charge in [0.15, 0.2) is 0 Å². The van der Waals surface area contributed by atoms with Crippen LogP contribution < -0.4 is 24.8 Å². The number of aliphatic carboxylic acids is 1. The summed E-state index contributed by atoms with van der Waals surface area (Å²) in [6.45, 7) is 3.38. The topological polar surface area (TPSA) is 190 Å². The monoisotopic (exact) mass is 894 g/mol. The third-order valence-corrected chi connectivity index (χ3v) is 12.1. The number of ether oxygens (including phenoxy) is 3. The summed E-state index contributed by atoms with van der Waals surface area (Å²) < 4.78 is 18.2. The van der Waals surface area contributed by atoms with Gasteiger partial charge in [0, 0.05) is 60.4 Å². The molecule has 1 aromatic heterocycles. The maximum absolute atomic E-state index is 11.9. The van der Waals surface area contributed by atoms with E-state index in [2.05, 4.69) is 20.5 Å². The van der Waals surface area contributed by atoms with Crippen LogP contribution in [0, 0.1) is 22.7 Å². The molecular formula is C46H41Cl3N6O7. The lowest BCUT2D eigenvalue weighted by Gasteiger charge is -2.47. The molecule has 2 aliphatic heterocycles. The minimum absolute atomic E-state index is 0.000937. The van der Waals surface area contributed by atoms with Gasteiger partial charge in [-0.15, -0.1) is 0 Å². The van der Waals surface area contributed by atoms with Gasteiger partial charge in [-0.3, -0.25) is 19.8 Å². The molecule has 0 aliphatic carbocycles. The molecule has 13 nitrogen and oxygen atoms in total. The number of aliphatic hydroxyl groups excluding tert-OH is 1. The molecule has 318 valence electrons. The maximum Gasteiger partial charge on any atom is 0.326 e. The highest BCUT2D eigenvalue weighted by Gasteiger charge is 2.47. The average Bonchev–Trinajstić information content (AvgIpc) is 3.66. The Morgan fingerprint density at radius 2 is 1.55 bits per heavy atom. The van der Waals surface area contributed by atoms with Crippen LogP contribution in [0.1, 0.15) is 47.6 Å². The number of carbonyl (C=O) groups is 2. The Hall–Kier alpha value is -5.90. The van der Waals surface area contributed by atoms with E-state index in [0.29, 0.717) is 50.9 Å². The molecule has 2 fully saturated rings. The highest BCUT2D eigenvalue weighted by Crippen LogP contribution is 2.41. The van der Waals surface area contributed by atoms with E-state index >= 15 is 0 Å². The first-order valence-electron chi connectivity index (χ1n) is 19.6. The Balaban J connectivity index is 1.05. The normalized spacial score (nSPS) is 15.2. The predicted octanol–water partition coefficient (Wildman–Crippen LogP) is 7.55. The number of carboxylic acids is 1. The van der Waals surface area contributed by atoms with Crippen LogP contribution in [0.4, 0.5) is 0 Å². The molecule has 0 saturated carbocycles. The Morgan fingerprint density at radius 1 is 0.887 bits per heavy atom. The molecule has 1 atom stereocenters. The van der Waals surface area contributed by atoms with Gasteiger partial charge in [-0.05, 0) is 60.9 Å². The molecule has 1 amide bonds. The quantitative estimate of drug-likeness (QED) is 0.0719. The summed E-state index contributed by atoms with van der Waals surface area (Å²) >= 11 is 20.8. The van der Waals surface area contributed by atoms with Gasteiger partial charge in [0.1, 0.15) is 36.1 Å². The Labute approximate surface area is 373 Å². The van der Waals surface area contributed by atoms with Crippen LogP contribution in [0.15, 0.2) is 84.9 Å². The first kappa shape index (κ1) is 44.2. The van der Waals surface area contributed by atoms with E-state index in [1.165, 1.54) is 19.1 Å². The number of nitrogens with zero attached hydrogens (tertiary/aromatic N) is 4. The molecule has 2 aliphatic rings. The van der Waals surface area contributed by atoms with Crippen LogP contribution in [0.5, 0.6) is 17.5 Å². The zero-order chi connectivity index (χ0) is 44.0. The first-order valence-corrected chi connectivity index (χ1v) is 20.8. The summed E-state index contributed by atoms with van der Waals surface area (Å²) in [6.07, 6.45) is 1.50. The summed E-state index contributed by atoms with van der Waals surface area (Å²) in [5.41, 5.74) is 3.39. The van der Waals surface area contributed by atoms with Gasteiger partial charge in [0.05, 0.1) is 45.5 Å². The fourth-order valence-electron chi connectivity index (χ4n) is 7.40. The van der Waals surface area contributed by atoms with Gasteiger partial charge in [-0.1, -0.05) is 83.3 Å². The summed E-state index contributed by atoms with van der Waals surface area (Å²) in [6, 6.07) is 29.1. The molecule has 4 N–H and O–H groups in total. The summed E-state index contributed by atoms with van der Waals surface area (Å²) in [4.78, 5) is 30.3. The van der Waals surface area contributed by atoms with Gasteiger partial charge in [0.25, 0.3) is 0 Å². The SMILES string of the molecule is C[C@@](CO)(NCc1cc(Cl)c(OCc2cccc(-c3cccc(-c4ccc(OCCN5CC6(CCC(=O)N6)C5)cc4)c3Cl)c2Cl)nc1OCc1cc(C#N)cc(C#N)c1)C(=O)O. The van der Waals surface area contributed by atoms with Crippen molar-refractivity contribution in [1.29, 1.82) is 10.5 Å². The van der Waals surface area contributed by atoms with E-state index in [-0.39, 0.29) is 59.1 Å². The number of aromatic nitrogens is 1. The second-order valence-electron chi connectivity index (χ2n) is 15.5. The Morgan fingerprint density at radius 3 is 2.19 bits per heavy atom. The summed E-state index contributed by atoms with van der Waals surface area (Å²) in [5.74, 6) is -0.360. The van der Waals surface area contributed by atoms with Crippen molar-refractivity contribution >= 4 is 46.7 Å². The van der Waals surface area contributed by atoms with Crippen molar-refractivity contribution in [2.24, 2.45) is 0 Å². The molecule has 0 unspecified atom stereocenters. The first-order chi connectivity index (χ1) is 29.8. The minimum Gasteiger partial charge on any atom is -0.492 e. The molecule has 62 heavy (non-hydrogen) atoms. The fraction of sp³-hybridized carbons (Fsp3) is 0.283. The molecular weight excluding hydrogens is 855 g/mol. The lowest BCUT2D eigenvalue weighted by molar-refractivity contribution is -0.146. The van der Waals surface area contributed by atoms with Crippen LogP contribution in [-0.2, 0) is 29.3 Å². The highest BCUT2D eigenvalue weighted by molar-refractivity contribution is 6.38. The van der Waals surface area contributed by atoms with Gasteiger partial charge in [-0.2, -0.15) is 15.5 Å². The van der Waals surface area contributed by atoms with Crippen molar-refractivity contribution in [1.82, 2.24) is 20.5 Å². The van der Waals surface area contributed by atoms with Crippen LogP contribution in [0.3, 0.4) is 0 Å². The highest BCUT2D eigenvalue weighted by atomic mass is 35.5. The predicted molar refractivity (Wildman–Crippen MR) is 233 cm³/mol. The Bertz CT molecular complexity index is 2560. The standard InChI is InChI=1S/C46H41Cl3N6O7/c1-45(27-56,44(58)59)52-22-33-19-38(47)43(53-42(33)61-23-30-17-28(20-50)16-29(18-30)21-51)62-24-32-4-2-6-36(40(32)48)37-7-3-5-35(41(37)49)31-8-10-34(11-9-31)60-15-14-55-25-46(26-55)13-12-39(57)54-46/h2-11,16-19,52,56H,12-15,22-27H2,1H3,(H,54,57)(H,58,59)/t45-/m0/s1. The molecule has 7 rings (SSSR count). The maximum atomic E-state index is 11.9. The molecule has 16 heteroatoms. The number of rotatable bonds is 17. The number of carboxylic acid groups (broad SMARTS) is 1. The molecule has 2 saturated heterocycles. The van der Waals surface area contributed by atoms with Crippen molar-refractivity contribution in [3.8, 4) is 51.9 Å². The molecule has 3 heterocycles. The smallest absolute Gasteiger partial charge is 0.326 e. The van der Waals surface area contributed by atoms with Gasteiger partial charge < -0.3 is 29.7 Å². The van der Waals surface area contributed by atoms with Crippen LogP contribution >= 0.6 is 34.8 Å². The summed E-state index contributed by atoms with van der Waals surface area (Å²) in [7, 11) is 0. The van der Waals surface area contributed by atoms with E-state index in [0.717, 1.165) is 42.9 Å². The number of halogens is 3. The Kier molecular flexibility index (Phi) is 13.5. The zero-order valence-corrected chi connectivity index (χ0v) is 35.8. The van der Waals surface area contributed by atoms with Crippen molar-refractivity contribution in [2.45, 2.75) is 50.6 Å². The lowest BCUT2D eigenvalue weighted by atomic mass is 9.88. The molecule has 1 spiro atoms. The molecule has 0 bridgehead atoms. The van der Waals surface area contributed by atoms with E-state index < -0.39 is 18.1 Å². The number of likely N-dealkylation sites (tertiary alicyclic amines) is 1. The fourth-order valence-corrected chi connectivity index (χ4v) is 8.25. The number of hydrogen-bond donors (Lipinski definition) is 4. The van der Waals surface area contributed by atoms with Gasteiger partial charge in [-0.25, -0.2) is 0 Å². The van der Waals surface area contributed by atoms with Crippen molar-refractivity contribution in [2.75, 3.05) is 32.8 Å². The number of benzene rings is 4. The number of carbonyl (C=O) groups excluding carboxylic acids is 1. The lowest BCUT2D eigenvalue weighted by Crippen LogP contribution is -2.67. The third-order valence-electron chi connectivity index (χ3n) is 10.9. The van der Waals surface area contributed by atoms with E-state index in [9.17, 15) is 30.3 Å². The number of hydrogen-bond acceptors (Lipinski definition) is 11. The van der Waals surface area contributed by atoms with E-state index in [4.69, 9.17) is 49.0 Å². The number of pyridine rings is 1. The third kappa shape index (κ3) is 9.90. The van der Waals surface area contributed by atoms with Crippen LogP contribution in [-0.4, -0.2) is 75.9 Å². The van der Waals surface area contributed by atoms with E-state index in [1.54, 1.807) is 18.2 Å². The molecule has 0 radical (unpaired) electrons. The average molecular weight is 896 g/mol. The van der Waals surface area contributed by atoms with Crippen molar-refractivity contribution in [3.63, 3.8) is 0 Å². The number of aliphatic hydroxyl groups is 1. The van der Waals surface area contributed by atoms with Gasteiger partial charge in [0.2, 0.25) is 17.7 Å².